The zero-order valence-electron chi connectivity index (χ0n) is 23.5. The van der Waals surface area contributed by atoms with Crippen molar-refractivity contribution in [1.82, 2.24) is 9.97 Å². The molecule has 0 atom stereocenters. The molecule has 2 N–H and O–H groups in total. The van der Waals surface area contributed by atoms with Gasteiger partial charge < -0.3 is 4.98 Å². The molecule has 0 saturated heterocycles. The van der Waals surface area contributed by atoms with Crippen molar-refractivity contribution in [2.45, 2.75) is 20.2 Å². The van der Waals surface area contributed by atoms with E-state index in [4.69, 9.17) is 13.7 Å². The summed E-state index contributed by atoms with van der Waals surface area (Å²) in [6.07, 6.45) is -2.68. The molecule has 0 saturated carbocycles. The first kappa shape index (κ1) is 9.93. The van der Waals surface area contributed by atoms with Crippen LogP contribution in [0.3, 0.4) is 0 Å². The summed E-state index contributed by atoms with van der Waals surface area (Å²) in [4.78, 5) is 19.3. The molecule has 1 aromatic rings. The monoisotopic (exact) mass is 403 g/mol. The van der Waals surface area contributed by atoms with Crippen LogP contribution >= 0.6 is 0 Å². The molecule has 0 fully saturated rings. The van der Waals surface area contributed by atoms with E-state index >= 15 is 4.39 Å². The summed E-state index contributed by atoms with van der Waals surface area (Å²) >= 11 is 0. The molecule has 0 unspecified atom stereocenters. The van der Waals surface area contributed by atoms with Crippen LogP contribution < -0.4 is 4.72 Å². The Kier molecular flexibility index (Phi) is 2.60. The SMILES string of the molecule is [2H]c1nc2[nH]c([2H])c(C)c([2H])c-2c1C(=O)c1c(F)c([2H])c([2H])c(NS(=O)(=O)C([2H])([2H])CC([2H])([2H])[2H])c1F. The fourth-order valence-corrected chi connectivity index (χ4v) is 2.88. The van der Waals surface area contributed by atoms with E-state index in [0.717, 1.165) is 0 Å². The van der Waals surface area contributed by atoms with Crippen molar-refractivity contribution in [3.63, 3.8) is 0 Å². The maximum absolute atomic E-state index is 15.5. The van der Waals surface area contributed by atoms with E-state index in [2.05, 4.69) is 9.97 Å². The number of pyridine rings is 1. The van der Waals surface area contributed by atoms with Gasteiger partial charge in [-0.25, -0.2) is 22.2 Å². The maximum Gasteiger partial charge on any atom is 0.232 e. The molecule has 0 aliphatic carbocycles. The van der Waals surface area contributed by atoms with Crippen molar-refractivity contribution in [2.24, 2.45) is 0 Å². The van der Waals surface area contributed by atoms with Gasteiger partial charge in [-0.05, 0) is 37.0 Å². The van der Waals surface area contributed by atoms with E-state index in [1.807, 2.05) is 0 Å². The standard InChI is InChI=1S/C18H17F2N3O3S/c1-3-6-27(25,26)23-14-5-4-13(19)15(16(14)20)17(24)12-9-22-18-11(12)7-10(2)8-21-18/h4-5,7-9,23H,3,6H2,1-2H3,(H,21,22)/i1D3,4D,5D,6D2,7D,8D,9D. The van der Waals surface area contributed by atoms with Gasteiger partial charge in [-0.3, -0.25) is 9.52 Å². The van der Waals surface area contributed by atoms with Gasteiger partial charge in [-0.1, -0.05) is 6.85 Å². The van der Waals surface area contributed by atoms with E-state index in [0.29, 0.717) is 0 Å². The van der Waals surface area contributed by atoms with Crippen LogP contribution in [-0.4, -0.2) is 29.9 Å². The maximum atomic E-state index is 15.5. The van der Waals surface area contributed by atoms with Crippen molar-refractivity contribution in [3.8, 4) is 11.4 Å². The summed E-state index contributed by atoms with van der Waals surface area (Å²) in [7, 11) is -5.44. The summed E-state index contributed by atoms with van der Waals surface area (Å²) < 4.78 is 133. The molecule has 0 aromatic heterocycles. The van der Waals surface area contributed by atoms with Crippen LogP contribution in [0, 0.1) is 18.6 Å². The Morgan fingerprint density at radius 1 is 1.44 bits per heavy atom. The highest BCUT2D eigenvalue weighted by atomic mass is 32.2. The predicted molar refractivity (Wildman–Crippen MR) is 97.4 cm³/mol. The number of aromatic nitrogens is 2. The number of ketones is 1. The highest BCUT2D eigenvalue weighted by Gasteiger charge is 2.27. The van der Waals surface area contributed by atoms with Crippen molar-refractivity contribution in [3.05, 3.63) is 58.8 Å². The largest absolute Gasteiger partial charge is 0.346 e. The summed E-state index contributed by atoms with van der Waals surface area (Å²) in [6.45, 7) is -1.76. The number of carbonyl (C=O) groups excluding carboxylic acids is 1. The van der Waals surface area contributed by atoms with Gasteiger partial charge in [0, 0.05) is 24.8 Å². The van der Waals surface area contributed by atoms with Crippen molar-refractivity contribution in [2.75, 3.05) is 10.4 Å². The number of halogens is 2. The third-order valence-electron chi connectivity index (χ3n) is 3.36. The van der Waals surface area contributed by atoms with Gasteiger partial charge in [0.2, 0.25) is 15.8 Å². The van der Waals surface area contributed by atoms with Gasteiger partial charge in [-0.2, -0.15) is 0 Å². The molecule has 0 amide bonds. The molecular formula is C18H17F2N3O3S. The highest BCUT2D eigenvalue weighted by Crippen LogP contribution is 2.30. The van der Waals surface area contributed by atoms with Crippen molar-refractivity contribution in [1.29, 1.82) is 0 Å². The summed E-state index contributed by atoms with van der Waals surface area (Å²) in [6, 6.07) is -3.34. The minimum absolute atomic E-state index is 0.00233. The van der Waals surface area contributed by atoms with Crippen molar-refractivity contribution < 1.29 is 35.7 Å². The Hall–Kier alpha value is -2.81. The number of fused-ring (bicyclic) bond motifs is 1. The van der Waals surface area contributed by atoms with Crippen molar-refractivity contribution >= 4 is 21.5 Å². The fourth-order valence-electron chi connectivity index (χ4n) is 2.21. The molecule has 0 radical (unpaired) electrons. The van der Waals surface area contributed by atoms with Crippen LogP contribution in [0.25, 0.3) is 11.4 Å². The highest BCUT2D eigenvalue weighted by molar-refractivity contribution is 7.92. The van der Waals surface area contributed by atoms with Crippen LogP contribution in [0.1, 0.15) is 48.5 Å². The first-order valence-corrected chi connectivity index (χ1v) is 8.71. The van der Waals surface area contributed by atoms with Gasteiger partial charge in [-0.15, -0.1) is 0 Å². The van der Waals surface area contributed by atoms with Crippen LogP contribution in [0.2, 0.25) is 0 Å². The van der Waals surface area contributed by atoms with Gasteiger partial charge in [0.05, 0.1) is 29.4 Å². The number of nitrogens with one attached hydrogen (secondary N) is 2. The topological polar surface area (TPSA) is 91.9 Å². The Bertz CT molecular complexity index is 1520. The predicted octanol–water partition coefficient (Wildman–Crippen LogP) is 3.48. The quantitative estimate of drug-likeness (QED) is 0.617. The average molecular weight is 403 g/mol. The molecule has 2 aliphatic heterocycles. The molecule has 142 valence electrons. The van der Waals surface area contributed by atoms with Gasteiger partial charge in [0.25, 0.3) is 0 Å². The molecule has 0 bridgehead atoms. The number of carbonyl (C=O) groups is 1. The fraction of sp³-hybridized carbons (Fsp3) is 0.222. The smallest absolute Gasteiger partial charge is 0.232 e. The first-order valence-electron chi connectivity index (χ1n) is 12.2. The Balaban J connectivity index is 2.24. The molecular weight excluding hydrogens is 376 g/mol. The minimum atomic E-state index is -5.44. The average Bonchev–Trinajstić information content (AvgIpc) is 3.07. The second-order valence-corrected chi connectivity index (χ2v) is 6.71. The Labute approximate surface area is 169 Å². The number of hydrogen-bond acceptors (Lipinski definition) is 4. The number of sulfonamides is 1. The number of anilines is 1. The van der Waals surface area contributed by atoms with E-state index in [9.17, 15) is 17.6 Å². The van der Waals surface area contributed by atoms with Gasteiger partial charge in [0.1, 0.15) is 11.6 Å². The Morgan fingerprint density at radius 3 is 2.96 bits per heavy atom. The molecule has 27 heavy (non-hydrogen) atoms. The third-order valence-corrected chi connectivity index (χ3v) is 4.35. The lowest BCUT2D eigenvalue weighted by atomic mass is 9.99. The number of nitrogens with zero attached hydrogens (tertiary/aromatic N) is 1. The first-order chi connectivity index (χ1) is 16.7. The zero-order chi connectivity index (χ0) is 28.4. The minimum Gasteiger partial charge on any atom is -0.346 e. The van der Waals surface area contributed by atoms with E-state index in [-0.39, 0.29) is 23.1 Å². The van der Waals surface area contributed by atoms with Gasteiger partial charge in [0.15, 0.2) is 5.82 Å². The lowest BCUT2D eigenvalue weighted by molar-refractivity contribution is 0.103. The van der Waals surface area contributed by atoms with Gasteiger partial charge >= 0.3 is 0 Å². The second-order valence-electron chi connectivity index (χ2n) is 5.21. The second kappa shape index (κ2) is 7.07. The number of rotatable bonds is 6. The van der Waals surface area contributed by atoms with Crippen LogP contribution in [-0.2, 0) is 10.0 Å². The molecule has 0 spiro atoms. The van der Waals surface area contributed by atoms with E-state index in [1.165, 1.54) is 11.6 Å². The Morgan fingerprint density at radius 2 is 2.22 bits per heavy atom. The molecule has 2 aliphatic rings. The summed E-state index contributed by atoms with van der Waals surface area (Å²) in [5.41, 5.74) is -7.81. The number of H-pyrrole nitrogens is 1. The third kappa shape index (κ3) is 3.68. The number of benzene rings is 1. The van der Waals surface area contributed by atoms with E-state index < -0.39 is 87.5 Å². The van der Waals surface area contributed by atoms with Crippen LogP contribution in [0.5, 0.6) is 0 Å². The molecule has 3 rings (SSSR count). The summed E-state index contributed by atoms with van der Waals surface area (Å²) in [5.74, 6) is -5.87. The number of aromatic amines is 1. The van der Waals surface area contributed by atoms with Crippen LogP contribution in [0.4, 0.5) is 14.5 Å². The van der Waals surface area contributed by atoms with E-state index in [1.54, 1.807) is 0 Å². The summed E-state index contributed by atoms with van der Waals surface area (Å²) in [5, 5.41) is 0. The van der Waals surface area contributed by atoms with Crippen LogP contribution in [0.15, 0.2) is 30.5 Å². The lowest BCUT2D eigenvalue weighted by Crippen LogP contribution is -2.18. The molecule has 2 heterocycles. The number of hydrogen-bond donors (Lipinski definition) is 2. The zero-order valence-corrected chi connectivity index (χ0v) is 14.4. The molecule has 1 aromatic carbocycles. The molecule has 6 nitrogen and oxygen atoms in total. The molecule has 9 heteroatoms. The normalized spacial score (nSPS) is 18.0. The lowest BCUT2D eigenvalue weighted by Gasteiger charge is -2.11.